The summed E-state index contributed by atoms with van der Waals surface area (Å²) in [6.45, 7) is 19.4. The summed E-state index contributed by atoms with van der Waals surface area (Å²) < 4.78 is 4.59. The number of hydrogen-bond acceptors (Lipinski definition) is 2. The Bertz CT molecular complexity index is 1430. The second-order valence-electron chi connectivity index (χ2n) is 10.1. The number of nitrogens with zero attached hydrogens (tertiary/aromatic N) is 4. The molecule has 34 heavy (non-hydrogen) atoms. The summed E-state index contributed by atoms with van der Waals surface area (Å²) in [6, 6.07) is 8.92. The molecule has 0 unspecified atom stereocenters. The van der Waals surface area contributed by atoms with E-state index >= 15 is 0 Å². The lowest BCUT2D eigenvalue weighted by Crippen LogP contribution is -2.11. The largest absolute Gasteiger partial charge is 0.326 e. The zero-order valence-electron chi connectivity index (χ0n) is 21.7. The Hall–Kier alpha value is -3.40. The van der Waals surface area contributed by atoms with E-state index in [9.17, 15) is 0 Å². The summed E-state index contributed by atoms with van der Waals surface area (Å²) in [5, 5.41) is 0. The van der Waals surface area contributed by atoms with Crippen LogP contribution >= 0.6 is 0 Å². The molecule has 5 aromatic rings. The Morgan fingerprint density at radius 3 is 1.18 bits per heavy atom. The van der Waals surface area contributed by atoms with E-state index in [1.165, 1.54) is 66.7 Å². The van der Waals surface area contributed by atoms with Gasteiger partial charge in [0.2, 0.25) is 0 Å². The zero-order chi connectivity index (χ0) is 24.3. The van der Waals surface area contributed by atoms with Crippen molar-refractivity contribution in [2.45, 2.75) is 68.5 Å². The number of hydrogen-bond donors (Lipinski definition) is 0. The third-order valence-corrected chi connectivity index (χ3v) is 8.07. The van der Waals surface area contributed by atoms with Crippen LogP contribution in [0.2, 0.25) is 0 Å². The molecule has 4 nitrogen and oxygen atoms in total. The average molecular weight is 451 g/mol. The first-order valence-corrected chi connectivity index (χ1v) is 12.1. The van der Waals surface area contributed by atoms with Crippen LogP contribution in [0.25, 0.3) is 22.1 Å². The predicted octanol–water partition coefficient (Wildman–Crippen LogP) is 6.95. The smallest absolute Gasteiger partial charge is 0.0961 e. The van der Waals surface area contributed by atoms with Gasteiger partial charge in [-0.15, -0.1) is 0 Å². The molecular weight excluding hydrogens is 416 g/mol. The van der Waals surface area contributed by atoms with Crippen LogP contribution in [0.15, 0.2) is 36.9 Å². The van der Waals surface area contributed by atoms with Crippen molar-refractivity contribution >= 4 is 22.1 Å². The fraction of sp³-hybridized carbons (Fsp3) is 0.333. The summed E-state index contributed by atoms with van der Waals surface area (Å²) >= 11 is 0. The topological polar surface area (TPSA) is 35.6 Å². The van der Waals surface area contributed by atoms with Crippen molar-refractivity contribution in [2.24, 2.45) is 0 Å². The minimum atomic E-state index is 0.838. The van der Waals surface area contributed by atoms with E-state index in [1.54, 1.807) is 0 Å². The normalized spacial score (nSPS) is 11.8. The minimum Gasteiger partial charge on any atom is -0.326 e. The number of rotatable bonds is 4. The number of imidazole rings is 2. The molecule has 5 rings (SSSR count). The molecule has 0 aliphatic heterocycles. The van der Waals surface area contributed by atoms with Crippen molar-refractivity contribution in [3.8, 4) is 0 Å². The van der Waals surface area contributed by atoms with Gasteiger partial charge >= 0.3 is 0 Å². The molecule has 0 amide bonds. The lowest BCUT2D eigenvalue weighted by Gasteiger charge is -2.22. The van der Waals surface area contributed by atoms with Crippen LogP contribution < -0.4 is 0 Å². The molecule has 0 N–H and O–H groups in total. The fourth-order valence-electron chi connectivity index (χ4n) is 5.16. The van der Waals surface area contributed by atoms with E-state index in [4.69, 9.17) is 0 Å². The van der Waals surface area contributed by atoms with Gasteiger partial charge in [-0.2, -0.15) is 0 Å². The van der Waals surface area contributed by atoms with E-state index in [-0.39, 0.29) is 0 Å². The molecule has 0 atom stereocenters. The van der Waals surface area contributed by atoms with Gasteiger partial charge in [-0.3, -0.25) is 0 Å². The first-order valence-electron chi connectivity index (χ1n) is 12.1. The van der Waals surface area contributed by atoms with Crippen LogP contribution in [0, 0.1) is 55.4 Å². The van der Waals surface area contributed by atoms with Crippen molar-refractivity contribution in [3.63, 3.8) is 0 Å². The minimum absolute atomic E-state index is 0.838. The first-order chi connectivity index (χ1) is 16.2. The molecule has 0 fully saturated rings. The Morgan fingerprint density at radius 2 is 0.824 bits per heavy atom. The van der Waals surface area contributed by atoms with Crippen LogP contribution in [0.4, 0.5) is 0 Å². The molecule has 0 radical (unpaired) electrons. The van der Waals surface area contributed by atoms with Crippen LogP contribution in [0.1, 0.15) is 55.6 Å². The molecule has 2 heterocycles. The molecule has 0 saturated heterocycles. The Kier molecular flexibility index (Phi) is 5.35. The SMILES string of the molecule is Cc1cc2ncn(Cc3c(C)c(C)c(Cn4cnc5cc(C)c(C)cc54)c(C)c3C)c2cc1C. The number of aryl methyl sites for hydroxylation is 4. The van der Waals surface area contributed by atoms with Gasteiger partial charge in [0.05, 0.1) is 34.7 Å². The number of benzene rings is 3. The predicted molar refractivity (Wildman–Crippen MR) is 142 cm³/mol. The molecule has 0 aliphatic carbocycles. The second kappa shape index (κ2) is 8.12. The molecule has 0 saturated carbocycles. The maximum atomic E-state index is 4.68. The summed E-state index contributed by atoms with van der Waals surface area (Å²) in [6.07, 6.45) is 3.98. The van der Waals surface area contributed by atoms with Crippen LogP contribution in [-0.2, 0) is 13.1 Å². The van der Waals surface area contributed by atoms with Gasteiger partial charge < -0.3 is 9.13 Å². The third-order valence-electron chi connectivity index (χ3n) is 8.07. The van der Waals surface area contributed by atoms with E-state index in [0.717, 1.165) is 24.1 Å². The van der Waals surface area contributed by atoms with Crippen molar-refractivity contribution in [1.82, 2.24) is 19.1 Å². The zero-order valence-corrected chi connectivity index (χ0v) is 21.7. The maximum absolute atomic E-state index is 4.68. The average Bonchev–Trinajstić information content (AvgIpc) is 3.37. The van der Waals surface area contributed by atoms with Crippen LogP contribution in [-0.4, -0.2) is 19.1 Å². The summed E-state index contributed by atoms with van der Waals surface area (Å²) in [4.78, 5) is 9.37. The van der Waals surface area contributed by atoms with Crippen LogP contribution in [0.5, 0.6) is 0 Å². The summed E-state index contributed by atoms with van der Waals surface area (Å²) in [7, 11) is 0. The van der Waals surface area contributed by atoms with Gasteiger partial charge in [0, 0.05) is 13.1 Å². The molecule has 3 aromatic carbocycles. The Balaban J connectivity index is 1.56. The molecule has 2 aromatic heterocycles. The van der Waals surface area contributed by atoms with E-state index in [1.807, 2.05) is 12.7 Å². The van der Waals surface area contributed by atoms with Gasteiger partial charge in [-0.1, -0.05) is 0 Å². The fourth-order valence-corrected chi connectivity index (χ4v) is 5.16. The van der Waals surface area contributed by atoms with Gasteiger partial charge in [0.1, 0.15) is 0 Å². The highest BCUT2D eigenvalue weighted by Crippen LogP contribution is 2.30. The second-order valence-corrected chi connectivity index (χ2v) is 10.1. The van der Waals surface area contributed by atoms with Gasteiger partial charge in [0.25, 0.3) is 0 Å². The molecular formula is C30H34N4. The monoisotopic (exact) mass is 450 g/mol. The van der Waals surface area contributed by atoms with Crippen molar-refractivity contribution in [2.75, 3.05) is 0 Å². The van der Waals surface area contributed by atoms with E-state index < -0.39 is 0 Å². The Labute approximate surface area is 202 Å². The highest BCUT2D eigenvalue weighted by atomic mass is 15.0. The molecule has 0 aliphatic rings. The third kappa shape index (κ3) is 3.53. The van der Waals surface area contributed by atoms with E-state index in [0.29, 0.717) is 0 Å². The summed E-state index contributed by atoms with van der Waals surface area (Å²) in [5.41, 5.74) is 18.1. The molecule has 0 spiro atoms. The van der Waals surface area contributed by atoms with E-state index in [2.05, 4.69) is 98.8 Å². The standard InChI is InChI=1S/C30H34N4/c1-17-9-27-29(11-19(17)3)33(15-31-27)13-25-21(5)23(7)26(24(8)22(25)6)14-34-16-32-28-10-18(2)20(4)12-30(28)34/h9-12,15-16H,13-14H2,1-8H3. The van der Waals surface area contributed by atoms with Crippen LogP contribution in [0.3, 0.4) is 0 Å². The Morgan fingerprint density at radius 1 is 0.500 bits per heavy atom. The number of fused-ring (bicyclic) bond motifs is 2. The molecule has 0 bridgehead atoms. The van der Waals surface area contributed by atoms with Crippen molar-refractivity contribution in [3.05, 3.63) is 92.6 Å². The van der Waals surface area contributed by atoms with Crippen molar-refractivity contribution in [1.29, 1.82) is 0 Å². The maximum Gasteiger partial charge on any atom is 0.0961 e. The van der Waals surface area contributed by atoms with Gasteiger partial charge in [-0.05, 0) is 135 Å². The van der Waals surface area contributed by atoms with Gasteiger partial charge in [0.15, 0.2) is 0 Å². The molecule has 4 heteroatoms. The highest BCUT2D eigenvalue weighted by Gasteiger charge is 2.17. The quantitative estimate of drug-likeness (QED) is 0.297. The first kappa shape index (κ1) is 22.4. The number of aromatic nitrogens is 4. The lowest BCUT2D eigenvalue weighted by atomic mass is 9.88. The lowest BCUT2D eigenvalue weighted by molar-refractivity contribution is 0.786. The summed E-state index contributed by atoms with van der Waals surface area (Å²) in [5.74, 6) is 0. The molecule has 174 valence electrons. The van der Waals surface area contributed by atoms with Gasteiger partial charge in [-0.25, -0.2) is 9.97 Å². The van der Waals surface area contributed by atoms with Crippen molar-refractivity contribution < 1.29 is 0 Å². The highest BCUT2D eigenvalue weighted by molar-refractivity contribution is 5.78.